The van der Waals surface area contributed by atoms with Crippen LogP contribution in [0.1, 0.15) is 29.9 Å². The zero-order chi connectivity index (χ0) is 12.0. The number of likely N-dealkylation sites (tertiary alicyclic amines) is 1. The summed E-state index contributed by atoms with van der Waals surface area (Å²) >= 11 is 0. The van der Waals surface area contributed by atoms with Crippen molar-refractivity contribution < 1.29 is 9.84 Å². The third-order valence-electron chi connectivity index (χ3n) is 4.22. The van der Waals surface area contributed by atoms with Gasteiger partial charge in [0.25, 0.3) is 0 Å². The van der Waals surface area contributed by atoms with Gasteiger partial charge in [-0.15, -0.1) is 12.4 Å². The molecule has 1 saturated heterocycles. The number of halogens is 1. The zero-order valence-corrected chi connectivity index (χ0v) is 11.7. The van der Waals surface area contributed by atoms with Gasteiger partial charge in [-0.2, -0.15) is 0 Å². The molecule has 2 heterocycles. The second-order valence-corrected chi connectivity index (χ2v) is 5.25. The SMILES string of the molecule is Cc1ccc(O)c2c1[C@@H]1CCCN(C)[C@H]1CO2.Cl. The second kappa shape index (κ2) is 4.98. The predicted octanol–water partition coefficient (Wildman–Crippen LogP) is 2.69. The van der Waals surface area contributed by atoms with Gasteiger partial charge in [0.1, 0.15) is 6.61 Å². The summed E-state index contributed by atoms with van der Waals surface area (Å²) in [6.07, 6.45) is 2.43. The monoisotopic (exact) mass is 269 g/mol. The van der Waals surface area contributed by atoms with Crippen LogP contribution in [0.15, 0.2) is 12.1 Å². The Bertz CT molecular complexity index is 450. The van der Waals surface area contributed by atoms with E-state index in [0.29, 0.717) is 18.6 Å². The standard InChI is InChI=1S/C14H19NO2.ClH/c1-9-5-6-12(16)14-13(9)10-4-3-7-15(2)11(10)8-17-14;/h5-6,10-11,16H,3-4,7-8H2,1-2H3;1H/t10-,11+;/m1./s1. The molecule has 1 N–H and O–H groups in total. The number of hydrogen-bond donors (Lipinski definition) is 1. The Kier molecular flexibility index (Phi) is 3.74. The Morgan fingerprint density at radius 1 is 1.39 bits per heavy atom. The molecule has 4 heteroatoms. The van der Waals surface area contributed by atoms with Crippen LogP contribution < -0.4 is 4.74 Å². The lowest BCUT2D eigenvalue weighted by molar-refractivity contribution is 0.0845. The molecule has 100 valence electrons. The number of benzene rings is 1. The summed E-state index contributed by atoms with van der Waals surface area (Å²) in [6, 6.07) is 4.20. The van der Waals surface area contributed by atoms with Gasteiger partial charge < -0.3 is 9.84 Å². The predicted molar refractivity (Wildman–Crippen MR) is 74.0 cm³/mol. The molecule has 1 aromatic rings. The fraction of sp³-hybridized carbons (Fsp3) is 0.571. The normalized spacial score (nSPS) is 26.6. The van der Waals surface area contributed by atoms with Crippen LogP contribution in [-0.4, -0.2) is 36.2 Å². The third-order valence-corrected chi connectivity index (χ3v) is 4.22. The molecule has 0 aliphatic carbocycles. The quantitative estimate of drug-likeness (QED) is 0.786. The molecule has 0 unspecified atom stereocenters. The average Bonchev–Trinajstić information content (AvgIpc) is 2.33. The summed E-state index contributed by atoms with van der Waals surface area (Å²) in [4.78, 5) is 2.39. The Labute approximate surface area is 114 Å². The highest BCUT2D eigenvalue weighted by molar-refractivity contribution is 5.85. The molecule has 0 spiro atoms. The zero-order valence-electron chi connectivity index (χ0n) is 10.8. The van der Waals surface area contributed by atoms with Crippen LogP contribution in [0, 0.1) is 6.92 Å². The molecular formula is C14H20ClNO2. The van der Waals surface area contributed by atoms with Crippen molar-refractivity contribution >= 4 is 12.4 Å². The van der Waals surface area contributed by atoms with E-state index in [1.807, 2.05) is 6.07 Å². The van der Waals surface area contributed by atoms with Gasteiger partial charge in [0.2, 0.25) is 0 Å². The summed E-state index contributed by atoms with van der Waals surface area (Å²) in [7, 11) is 2.17. The number of phenolic OH excluding ortho intramolecular Hbond substituents is 1. The first-order valence-corrected chi connectivity index (χ1v) is 6.34. The van der Waals surface area contributed by atoms with E-state index in [-0.39, 0.29) is 18.2 Å². The fourth-order valence-corrected chi connectivity index (χ4v) is 3.27. The van der Waals surface area contributed by atoms with Crippen molar-refractivity contribution in [1.29, 1.82) is 0 Å². The van der Waals surface area contributed by atoms with Crippen LogP contribution >= 0.6 is 12.4 Å². The van der Waals surface area contributed by atoms with Gasteiger partial charge in [-0.1, -0.05) is 6.07 Å². The van der Waals surface area contributed by atoms with Crippen LogP contribution in [0.4, 0.5) is 0 Å². The van der Waals surface area contributed by atoms with E-state index in [0.717, 1.165) is 12.3 Å². The van der Waals surface area contributed by atoms with E-state index in [1.54, 1.807) is 6.07 Å². The first kappa shape index (κ1) is 13.5. The van der Waals surface area contributed by atoms with Crippen LogP contribution in [0.5, 0.6) is 11.5 Å². The topological polar surface area (TPSA) is 32.7 Å². The molecule has 2 aliphatic rings. The largest absolute Gasteiger partial charge is 0.504 e. The van der Waals surface area contributed by atoms with E-state index in [2.05, 4.69) is 18.9 Å². The van der Waals surface area contributed by atoms with Crippen molar-refractivity contribution in [3.05, 3.63) is 23.3 Å². The summed E-state index contributed by atoms with van der Waals surface area (Å²) in [5, 5.41) is 9.90. The van der Waals surface area contributed by atoms with Gasteiger partial charge in [-0.3, -0.25) is 4.90 Å². The van der Waals surface area contributed by atoms with Crippen molar-refractivity contribution in [3.63, 3.8) is 0 Å². The lowest BCUT2D eigenvalue weighted by Crippen LogP contribution is -2.47. The minimum atomic E-state index is 0. The number of fused-ring (bicyclic) bond motifs is 3. The first-order valence-electron chi connectivity index (χ1n) is 6.34. The molecule has 0 amide bonds. The van der Waals surface area contributed by atoms with Crippen molar-refractivity contribution in [2.45, 2.75) is 31.7 Å². The molecule has 0 radical (unpaired) electrons. The molecular weight excluding hydrogens is 250 g/mol. The van der Waals surface area contributed by atoms with Crippen LogP contribution in [0.3, 0.4) is 0 Å². The number of hydrogen-bond acceptors (Lipinski definition) is 3. The van der Waals surface area contributed by atoms with Gasteiger partial charge in [-0.25, -0.2) is 0 Å². The molecule has 18 heavy (non-hydrogen) atoms. The van der Waals surface area contributed by atoms with Crippen LogP contribution in [-0.2, 0) is 0 Å². The van der Waals surface area contributed by atoms with Gasteiger partial charge in [0.15, 0.2) is 11.5 Å². The van der Waals surface area contributed by atoms with Crippen molar-refractivity contribution in [3.8, 4) is 11.5 Å². The molecule has 2 aliphatic heterocycles. The van der Waals surface area contributed by atoms with Crippen LogP contribution in [0.25, 0.3) is 0 Å². The molecule has 2 atom stereocenters. The lowest BCUT2D eigenvalue weighted by atomic mass is 9.80. The van der Waals surface area contributed by atoms with E-state index in [9.17, 15) is 5.11 Å². The van der Waals surface area contributed by atoms with E-state index < -0.39 is 0 Å². The number of phenols is 1. The van der Waals surface area contributed by atoms with Gasteiger partial charge in [-0.05, 0) is 45.0 Å². The minimum Gasteiger partial charge on any atom is -0.504 e. The maximum Gasteiger partial charge on any atom is 0.164 e. The third kappa shape index (κ3) is 1.95. The molecule has 3 nitrogen and oxygen atoms in total. The molecule has 1 aromatic carbocycles. The van der Waals surface area contributed by atoms with Crippen molar-refractivity contribution in [1.82, 2.24) is 4.90 Å². The van der Waals surface area contributed by atoms with Gasteiger partial charge in [0.05, 0.1) is 6.04 Å². The summed E-state index contributed by atoms with van der Waals surface area (Å²) < 4.78 is 5.78. The smallest absolute Gasteiger partial charge is 0.164 e. The number of likely N-dealkylation sites (N-methyl/N-ethyl adjacent to an activating group) is 1. The number of piperidine rings is 1. The number of nitrogens with zero attached hydrogens (tertiary/aromatic N) is 1. The number of aromatic hydroxyl groups is 1. The number of rotatable bonds is 0. The van der Waals surface area contributed by atoms with Crippen LogP contribution in [0.2, 0.25) is 0 Å². The Hall–Kier alpha value is -0.930. The molecule has 0 aromatic heterocycles. The number of aryl methyl sites for hydroxylation is 1. The second-order valence-electron chi connectivity index (χ2n) is 5.25. The summed E-state index contributed by atoms with van der Waals surface area (Å²) in [5.74, 6) is 1.53. The van der Waals surface area contributed by atoms with Crippen molar-refractivity contribution in [2.24, 2.45) is 0 Å². The Balaban J connectivity index is 0.00000120. The van der Waals surface area contributed by atoms with Gasteiger partial charge in [0, 0.05) is 11.5 Å². The average molecular weight is 270 g/mol. The maximum absolute atomic E-state index is 9.90. The Morgan fingerprint density at radius 3 is 2.94 bits per heavy atom. The first-order chi connectivity index (χ1) is 8.18. The Morgan fingerprint density at radius 2 is 2.17 bits per heavy atom. The molecule has 0 bridgehead atoms. The van der Waals surface area contributed by atoms with E-state index in [4.69, 9.17) is 4.74 Å². The minimum absolute atomic E-state index is 0. The highest BCUT2D eigenvalue weighted by Gasteiger charge is 2.37. The van der Waals surface area contributed by atoms with Crippen molar-refractivity contribution in [2.75, 3.05) is 20.2 Å². The fourth-order valence-electron chi connectivity index (χ4n) is 3.27. The summed E-state index contributed by atoms with van der Waals surface area (Å²) in [5.41, 5.74) is 2.47. The molecule has 3 rings (SSSR count). The van der Waals surface area contributed by atoms with E-state index >= 15 is 0 Å². The summed E-state index contributed by atoms with van der Waals surface area (Å²) in [6.45, 7) is 3.96. The van der Waals surface area contributed by atoms with Gasteiger partial charge >= 0.3 is 0 Å². The molecule has 0 saturated carbocycles. The highest BCUT2D eigenvalue weighted by atomic mass is 35.5. The van der Waals surface area contributed by atoms with E-state index in [1.165, 1.54) is 24.0 Å². The molecule has 1 fully saturated rings. The lowest BCUT2D eigenvalue weighted by Gasteiger charge is -2.43. The number of ether oxygens (including phenoxy) is 1. The highest BCUT2D eigenvalue weighted by Crippen LogP contribution is 2.46. The maximum atomic E-state index is 9.90.